The van der Waals surface area contributed by atoms with E-state index < -0.39 is 37.1 Å². The van der Waals surface area contributed by atoms with Crippen molar-refractivity contribution in [1.82, 2.24) is 0 Å². The first-order valence-electron chi connectivity index (χ1n) is 5.45. The van der Waals surface area contributed by atoms with Crippen LogP contribution in [0.15, 0.2) is 29.2 Å². The Morgan fingerprint density at radius 3 is 2.21 bits per heavy atom. The Balaban J connectivity index is 3.12. The summed E-state index contributed by atoms with van der Waals surface area (Å²) in [5.74, 6) is -2.64. The highest BCUT2D eigenvalue weighted by molar-refractivity contribution is 7.95. The van der Waals surface area contributed by atoms with Crippen molar-refractivity contribution in [1.29, 1.82) is 0 Å². The zero-order valence-corrected chi connectivity index (χ0v) is 11.9. The van der Waals surface area contributed by atoms with Crippen LogP contribution < -0.4 is 0 Å². The van der Waals surface area contributed by atoms with Gasteiger partial charge in [-0.3, -0.25) is 0 Å². The van der Waals surface area contributed by atoms with Crippen LogP contribution in [-0.2, 0) is 19.7 Å². The van der Waals surface area contributed by atoms with Gasteiger partial charge in [-0.2, -0.15) is 0 Å². The molecule has 0 aliphatic carbocycles. The van der Waals surface area contributed by atoms with Crippen molar-refractivity contribution >= 4 is 25.6 Å². The van der Waals surface area contributed by atoms with Gasteiger partial charge in [-0.15, -0.1) is 0 Å². The Bertz CT molecular complexity index is 673. The molecule has 0 heterocycles. The molecule has 0 amide bonds. The molecule has 6 nitrogen and oxygen atoms in total. The molecule has 0 aliphatic rings. The minimum absolute atomic E-state index is 0.150. The molecule has 0 fully saturated rings. The Labute approximate surface area is 111 Å². The van der Waals surface area contributed by atoms with Crippen molar-refractivity contribution < 1.29 is 26.7 Å². The van der Waals surface area contributed by atoms with Crippen LogP contribution in [0.25, 0.3) is 0 Å². The first-order valence-corrected chi connectivity index (χ1v) is 8.92. The van der Waals surface area contributed by atoms with E-state index in [4.69, 9.17) is 5.11 Å². The molecule has 0 saturated carbocycles. The lowest BCUT2D eigenvalue weighted by atomic mass is 10.2. The molecule has 1 aromatic carbocycles. The number of hydrogen-bond acceptors (Lipinski definition) is 5. The third-order valence-electron chi connectivity index (χ3n) is 2.56. The fourth-order valence-electron chi connectivity index (χ4n) is 1.41. The maximum atomic E-state index is 12.0. The van der Waals surface area contributed by atoms with Gasteiger partial charge in [0, 0.05) is 5.75 Å². The van der Waals surface area contributed by atoms with Gasteiger partial charge in [-0.05, 0) is 12.1 Å². The van der Waals surface area contributed by atoms with Crippen molar-refractivity contribution in [2.24, 2.45) is 0 Å². The van der Waals surface area contributed by atoms with E-state index in [2.05, 4.69) is 0 Å². The van der Waals surface area contributed by atoms with Crippen LogP contribution in [0, 0.1) is 0 Å². The average Bonchev–Trinajstić information content (AvgIpc) is 2.37. The van der Waals surface area contributed by atoms with Gasteiger partial charge in [0.25, 0.3) is 0 Å². The number of benzene rings is 1. The second kappa shape index (κ2) is 5.70. The van der Waals surface area contributed by atoms with E-state index in [1.165, 1.54) is 25.1 Å². The van der Waals surface area contributed by atoms with Crippen molar-refractivity contribution in [3.8, 4) is 0 Å². The molecule has 0 unspecified atom stereocenters. The normalized spacial score (nSPS) is 12.3. The molecule has 8 heteroatoms. The molecule has 0 saturated heterocycles. The molecule has 1 N–H and O–H groups in total. The van der Waals surface area contributed by atoms with Crippen molar-refractivity contribution in [3.05, 3.63) is 29.8 Å². The van der Waals surface area contributed by atoms with E-state index in [-0.39, 0.29) is 16.2 Å². The van der Waals surface area contributed by atoms with Gasteiger partial charge < -0.3 is 5.11 Å². The molecule has 0 bridgehead atoms. The summed E-state index contributed by atoms with van der Waals surface area (Å²) in [6, 6.07) is 5.14. The molecule has 0 spiro atoms. The van der Waals surface area contributed by atoms with Gasteiger partial charge >= 0.3 is 5.97 Å². The summed E-state index contributed by atoms with van der Waals surface area (Å²) in [4.78, 5) is 10.6. The van der Waals surface area contributed by atoms with Crippen molar-refractivity contribution in [3.63, 3.8) is 0 Å². The largest absolute Gasteiger partial charge is 0.478 e. The Morgan fingerprint density at radius 2 is 1.68 bits per heavy atom. The van der Waals surface area contributed by atoms with Crippen LogP contribution in [0.3, 0.4) is 0 Å². The molecular formula is C11H14O6S2. The minimum atomic E-state index is -3.94. The predicted molar refractivity (Wildman–Crippen MR) is 69.8 cm³/mol. The highest BCUT2D eigenvalue weighted by Crippen LogP contribution is 2.17. The number of rotatable bonds is 6. The monoisotopic (exact) mass is 306 g/mol. The van der Waals surface area contributed by atoms with Crippen molar-refractivity contribution in [2.45, 2.75) is 11.8 Å². The minimum Gasteiger partial charge on any atom is -0.478 e. The summed E-state index contributed by atoms with van der Waals surface area (Å²) in [7, 11) is -7.36. The molecule has 0 aliphatic heterocycles. The SMILES string of the molecule is CCS(=O)(=O)CCS(=O)(=O)c1ccccc1C(=O)O. The van der Waals surface area contributed by atoms with Gasteiger partial charge in [-0.25, -0.2) is 21.6 Å². The number of carboxylic acid groups (broad SMARTS) is 1. The lowest BCUT2D eigenvalue weighted by Crippen LogP contribution is -2.20. The number of aromatic carboxylic acids is 1. The first kappa shape index (κ1) is 15.6. The topological polar surface area (TPSA) is 106 Å². The van der Waals surface area contributed by atoms with Gasteiger partial charge in [0.15, 0.2) is 19.7 Å². The number of carbonyl (C=O) groups is 1. The molecule has 0 aromatic heterocycles. The smallest absolute Gasteiger partial charge is 0.337 e. The summed E-state index contributed by atoms with van der Waals surface area (Å²) < 4.78 is 46.6. The summed E-state index contributed by atoms with van der Waals surface area (Å²) in [6.45, 7) is 1.42. The van der Waals surface area contributed by atoms with Gasteiger partial charge in [0.1, 0.15) is 0 Å². The predicted octanol–water partition coefficient (Wildman–Crippen LogP) is 0.593. The summed E-state index contributed by atoms with van der Waals surface area (Å²) >= 11 is 0. The van der Waals surface area contributed by atoms with E-state index in [0.29, 0.717) is 0 Å². The molecule has 106 valence electrons. The summed E-state index contributed by atoms with van der Waals surface area (Å²) in [6.07, 6.45) is 0. The van der Waals surface area contributed by atoms with Crippen molar-refractivity contribution in [2.75, 3.05) is 17.3 Å². The molecule has 0 atom stereocenters. The van der Waals surface area contributed by atoms with E-state index in [0.717, 1.165) is 6.07 Å². The van der Waals surface area contributed by atoms with Crippen LogP contribution >= 0.6 is 0 Å². The number of sulfone groups is 2. The van der Waals surface area contributed by atoms with E-state index in [9.17, 15) is 21.6 Å². The number of carboxylic acids is 1. The van der Waals surface area contributed by atoms with Crippen LogP contribution in [0.1, 0.15) is 17.3 Å². The Morgan fingerprint density at radius 1 is 1.11 bits per heavy atom. The molecule has 0 radical (unpaired) electrons. The van der Waals surface area contributed by atoms with Crippen LogP contribution in [0.5, 0.6) is 0 Å². The zero-order chi connectivity index (χ0) is 14.7. The van der Waals surface area contributed by atoms with Crippen LogP contribution in [0.2, 0.25) is 0 Å². The molecule has 19 heavy (non-hydrogen) atoms. The van der Waals surface area contributed by atoms with E-state index >= 15 is 0 Å². The zero-order valence-electron chi connectivity index (χ0n) is 10.2. The fraction of sp³-hybridized carbons (Fsp3) is 0.364. The van der Waals surface area contributed by atoms with E-state index in [1.807, 2.05) is 0 Å². The Hall–Kier alpha value is -1.41. The molecule has 1 rings (SSSR count). The van der Waals surface area contributed by atoms with Crippen LogP contribution in [-0.4, -0.2) is 45.2 Å². The quantitative estimate of drug-likeness (QED) is 0.824. The average molecular weight is 306 g/mol. The first-order chi connectivity index (χ1) is 8.69. The highest BCUT2D eigenvalue weighted by Gasteiger charge is 2.23. The fourth-order valence-corrected chi connectivity index (χ4v) is 4.58. The summed E-state index contributed by atoms with van der Waals surface area (Å²) in [5, 5.41) is 8.92. The molecular weight excluding hydrogens is 292 g/mol. The third kappa shape index (κ3) is 4.03. The van der Waals surface area contributed by atoms with E-state index in [1.54, 1.807) is 0 Å². The van der Waals surface area contributed by atoms with Crippen LogP contribution in [0.4, 0.5) is 0 Å². The third-order valence-corrected chi connectivity index (χ3v) is 6.29. The standard InChI is InChI=1S/C11H14O6S2/c1-2-18(14,15)7-8-19(16,17)10-6-4-3-5-9(10)11(12)13/h3-6H,2,7-8H2,1H3,(H,12,13). The number of hydrogen-bond donors (Lipinski definition) is 1. The lowest BCUT2D eigenvalue weighted by molar-refractivity contribution is 0.0692. The van der Waals surface area contributed by atoms with Gasteiger partial charge in [0.05, 0.1) is 22.0 Å². The van der Waals surface area contributed by atoms with Gasteiger partial charge in [0.2, 0.25) is 0 Å². The molecule has 1 aromatic rings. The maximum Gasteiger partial charge on any atom is 0.337 e. The second-order valence-corrected chi connectivity index (χ2v) is 8.41. The maximum absolute atomic E-state index is 12.0. The second-order valence-electron chi connectivity index (χ2n) is 3.86. The lowest BCUT2D eigenvalue weighted by Gasteiger charge is -2.07. The Kier molecular flexibility index (Phi) is 4.70. The van der Waals surface area contributed by atoms with Gasteiger partial charge in [-0.1, -0.05) is 19.1 Å². The summed E-state index contributed by atoms with van der Waals surface area (Å²) in [5.41, 5.74) is -0.351. The highest BCUT2D eigenvalue weighted by atomic mass is 32.2.